The molecule has 1 aromatic carbocycles. The number of aryl methyl sites for hydroxylation is 1. The van der Waals surface area contributed by atoms with E-state index in [4.69, 9.17) is 4.74 Å². The normalized spacial score (nSPS) is 12.5. The molecule has 5 heteroatoms. The summed E-state index contributed by atoms with van der Waals surface area (Å²) < 4.78 is 20.2. The second kappa shape index (κ2) is 4.55. The maximum absolute atomic E-state index is 13.7. The third-order valence-corrected chi connectivity index (χ3v) is 2.52. The van der Waals surface area contributed by atoms with Gasteiger partial charge in [-0.3, -0.25) is 4.68 Å². The summed E-state index contributed by atoms with van der Waals surface area (Å²) in [6.07, 6.45) is 0.627. The van der Waals surface area contributed by atoms with Crippen molar-refractivity contribution in [1.29, 1.82) is 0 Å². The van der Waals surface area contributed by atoms with Crippen LogP contribution in [0.15, 0.2) is 30.5 Å². The highest BCUT2D eigenvalue weighted by Crippen LogP contribution is 2.25. The zero-order valence-corrected chi connectivity index (χ0v) is 9.59. The Morgan fingerprint density at radius 2 is 2.18 bits per heavy atom. The molecular formula is C12H13FN2O2. The van der Waals surface area contributed by atoms with Crippen LogP contribution in [-0.4, -0.2) is 22.0 Å². The molecule has 0 aliphatic carbocycles. The van der Waals surface area contributed by atoms with E-state index < -0.39 is 11.9 Å². The number of hydrogen-bond donors (Lipinski definition) is 1. The van der Waals surface area contributed by atoms with Gasteiger partial charge in [0.1, 0.15) is 17.7 Å². The number of aliphatic hydroxyl groups is 1. The van der Waals surface area contributed by atoms with E-state index >= 15 is 0 Å². The highest BCUT2D eigenvalue weighted by Gasteiger charge is 2.17. The lowest BCUT2D eigenvalue weighted by Crippen LogP contribution is -2.04. The lowest BCUT2D eigenvalue weighted by Gasteiger charge is -2.10. The molecule has 2 rings (SSSR count). The van der Waals surface area contributed by atoms with E-state index in [1.807, 2.05) is 0 Å². The van der Waals surface area contributed by atoms with Gasteiger partial charge in [0.2, 0.25) is 0 Å². The van der Waals surface area contributed by atoms with E-state index in [0.717, 1.165) is 0 Å². The van der Waals surface area contributed by atoms with Gasteiger partial charge < -0.3 is 9.84 Å². The van der Waals surface area contributed by atoms with E-state index in [2.05, 4.69) is 5.10 Å². The number of halogens is 1. The summed E-state index contributed by atoms with van der Waals surface area (Å²) in [4.78, 5) is 0. The van der Waals surface area contributed by atoms with Gasteiger partial charge in [-0.05, 0) is 18.2 Å². The molecule has 0 aliphatic heterocycles. The molecule has 0 saturated heterocycles. The molecule has 1 N–H and O–H groups in total. The minimum atomic E-state index is -1.07. The molecule has 1 aromatic heterocycles. The van der Waals surface area contributed by atoms with Crippen LogP contribution in [0.25, 0.3) is 0 Å². The van der Waals surface area contributed by atoms with Gasteiger partial charge in [-0.15, -0.1) is 0 Å². The van der Waals surface area contributed by atoms with E-state index in [9.17, 15) is 9.50 Å². The first kappa shape index (κ1) is 11.6. The minimum absolute atomic E-state index is 0.185. The Kier molecular flexibility index (Phi) is 3.10. The summed E-state index contributed by atoms with van der Waals surface area (Å²) in [5.74, 6) is -0.0954. The molecule has 0 spiro atoms. The molecule has 17 heavy (non-hydrogen) atoms. The Bertz CT molecular complexity index is 525. The number of benzene rings is 1. The zero-order valence-electron chi connectivity index (χ0n) is 9.59. The van der Waals surface area contributed by atoms with Gasteiger partial charge in [-0.1, -0.05) is 0 Å². The number of rotatable bonds is 3. The number of ether oxygens (including phenoxy) is 1. The molecule has 0 aliphatic rings. The highest BCUT2D eigenvalue weighted by molar-refractivity contribution is 5.33. The fourth-order valence-corrected chi connectivity index (χ4v) is 1.59. The van der Waals surface area contributed by atoms with Crippen molar-refractivity contribution >= 4 is 0 Å². The summed E-state index contributed by atoms with van der Waals surface area (Å²) in [7, 11) is 3.20. The van der Waals surface area contributed by atoms with Crippen molar-refractivity contribution in [1.82, 2.24) is 9.78 Å². The number of aliphatic hydroxyl groups excluding tert-OH is 1. The summed E-state index contributed by atoms with van der Waals surface area (Å²) >= 11 is 0. The second-order valence-electron chi connectivity index (χ2n) is 3.70. The lowest BCUT2D eigenvalue weighted by atomic mass is 10.1. The Labute approximate surface area is 98.3 Å². The quantitative estimate of drug-likeness (QED) is 0.881. The van der Waals surface area contributed by atoms with Crippen molar-refractivity contribution in [2.24, 2.45) is 7.05 Å². The number of hydrogen-bond acceptors (Lipinski definition) is 3. The molecule has 2 aromatic rings. The van der Waals surface area contributed by atoms with Crippen molar-refractivity contribution in [2.75, 3.05) is 7.11 Å². The third-order valence-electron chi connectivity index (χ3n) is 2.52. The van der Waals surface area contributed by atoms with E-state index in [1.165, 1.54) is 19.2 Å². The first-order valence-corrected chi connectivity index (χ1v) is 5.13. The van der Waals surface area contributed by atoms with Gasteiger partial charge >= 0.3 is 0 Å². The van der Waals surface area contributed by atoms with Crippen LogP contribution in [0.2, 0.25) is 0 Å². The molecule has 1 unspecified atom stereocenters. The molecule has 90 valence electrons. The van der Waals surface area contributed by atoms with Gasteiger partial charge in [0.15, 0.2) is 0 Å². The van der Waals surface area contributed by atoms with Crippen LogP contribution >= 0.6 is 0 Å². The van der Waals surface area contributed by atoms with Crippen LogP contribution in [0.4, 0.5) is 4.39 Å². The van der Waals surface area contributed by atoms with Gasteiger partial charge in [-0.2, -0.15) is 5.10 Å². The molecule has 0 fully saturated rings. The Morgan fingerprint density at radius 3 is 2.71 bits per heavy atom. The minimum Gasteiger partial charge on any atom is -0.497 e. The maximum atomic E-state index is 13.7. The molecule has 0 amide bonds. The predicted molar refractivity (Wildman–Crippen MR) is 60.2 cm³/mol. The SMILES string of the molecule is COc1ccc(C(O)c2ccn(C)n2)c(F)c1. The molecule has 4 nitrogen and oxygen atoms in total. The summed E-state index contributed by atoms with van der Waals surface area (Å²) in [5, 5.41) is 14.0. The van der Waals surface area contributed by atoms with Crippen LogP contribution in [0.1, 0.15) is 17.4 Å². The van der Waals surface area contributed by atoms with E-state index in [1.54, 1.807) is 30.1 Å². The monoisotopic (exact) mass is 236 g/mol. The molecule has 0 radical (unpaired) electrons. The van der Waals surface area contributed by atoms with Crippen molar-refractivity contribution in [3.8, 4) is 5.75 Å². The summed E-state index contributed by atoms with van der Waals surface area (Å²) in [5.41, 5.74) is 0.598. The van der Waals surface area contributed by atoms with E-state index in [-0.39, 0.29) is 5.56 Å². The molecular weight excluding hydrogens is 223 g/mol. The van der Waals surface area contributed by atoms with Crippen LogP contribution in [0, 0.1) is 5.82 Å². The second-order valence-corrected chi connectivity index (χ2v) is 3.70. The summed E-state index contributed by atoms with van der Waals surface area (Å²) in [6.45, 7) is 0. The zero-order chi connectivity index (χ0) is 12.4. The van der Waals surface area contributed by atoms with Crippen molar-refractivity contribution in [2.45, 2.75) is 6.10 Å². The fraction of sp³-hybridized carbons (Fsp3) is 0.250. The van der Waals surface area contributed by atoms with Gasteiger partial charge in [0, 0.05) is 24.9 Å². The van der Waals surface area contributed by atoms with Gasteiger partial charge in [-0.25, -0.2) is 4.39 Å². The molecule has 1 heterocycles. The van der Waals surface area contributed by atoms with Crippen LogP contribution < -0.4 is 4.74 Å². The maximum Gasteiger partial charge on any atom is 0.133 e. The molecule has 0 saturated carbocycles. The Morgan fingerprint density at radius 1 is 1.41 bits per heavy atom. The van der Waals surface area contributed by atoms with Crippen LogP contribution in [-0.2, 0) is 7.05 Å². The van der Waals surface area contributed by atoms with E-state index in [0.29, 0.717) is 11.4 Å². The Hall–Kier alpha value is -1.88. The van der Waals surface area contributed by atoms with Crippen molar-refractivity contribution < 1.29 is 14.2 Å². The highest BCUT2D eigenvalue weighted by atomic mass is 19.1. The lowest BCUT2D eigenvalue weighted by molar-refractivity contribution is 0.209. The van der Waals surface area contributed by atoms with Gasteiger partial charge in [0.05, 0.1) is 12.8 Å². The number of aromatic nitrogens is 2. The Balaban J connectivity index is 2.34. The standard InChI is InChI=1S/C12H13FN2O2/c1-15-6-5-11(14-15)12(16)9-4-3-8(17-2)7-10(9)13/h3-7,12,16H,1-2H3. The number of methoxy groups -OCH3 is 1. The molecule has 1 atom stereocenters. The average molecular weight is 236 g/mol. The largest absolute Gasteiger partial charge is 0.497 e. The first-order chi connectivity index (χ1) is 8.11. The fourth-order valence-electron chi connectivity index (χ4n) is 1.59. The average Bonchev–Trinajstić information content (AvgIpc) is 2.75. The van der Waals surface area contributed by atoms with Crippen molar-refractivity contribution in [3.05, 3.63) is 47.5 Å². The molecule has 0 bridgehead atoms. The van der Waals surface area contributed by atoms with Crippen molar-refractivity contribution in [3.63, 3.8) is 0 Å². The third kappa shape index (κ3) is 2.29. The first-order valence-electron chi connectivity index (χ1n) is 5.13. The predicted octanol–water partition coefficient (Wildman–Crippen LogP) is 1.65. The topological polar surface area (TPSA) is 47.3 Å². The van der Waals surface area contributed by atoms with Crippen LogP contribution in [0.5, 0.6) is 5.75 Å². The number of nitrogens with zero attached hydrogens (tertiary/aromatic N) is 2. The summed E-state index contributed by atoms with van der Waals surface area (Å²) in [6, 6.07) is 5.98. The van der Waals surface area contributed by atoms with Crippen LogP contribution in [0.3, 0.4) is 0 Å². The van der Waals surface area contributed by atoms with Gasteiger partial charge in [0.25, 0.3) is 0 Å². The smallest absolute Gasteiger partial charge is 0.133 e.